The van der Waals surface area contributed by atoms with E-state index in [4.69, 9.17) is 14.6 Å². The number of carbonyl (C=O) groups excluding carboxylic acids is 2. The van der Waals surface area contributed by atoms with Gasteiger partial charge >= 0.3 is 5.97 Å². The van der Waals surface area contributed by atoms with Gasteiger partial charge in [0.1, 0.15) is 0 Å². The standard InChI is InChI=1S/C34H41NO8S/c1-25-4-8-27(9-5-25)10-11-30(24-44(40,41)31-16-6-26(2)7-17-31)33(38)28-12-14-29(15-13-28)34(39)35(19-18-32(36)37)20-21-43-23-22-42-3/h4-9,12-17,30H,10-11,18-24H2,1-3H3,(H,36,37). The molecule has 1 unspecified atom stereocenters. The largest absolute Gasteiger partial charge is 0.481 e. The summed E-state index contributed by atoms with van der Waals surface area (Å²) < 4.78 is 37.1. The van der Waals surface area contributed by atoms with Gasteiger partial charge in [0.2, 0.25) is 0 Å². The van der Waals surface area contributed by atoms with E-state index in [0.29, 0.717) is 31.6 Å². The second-order valence-electron chi connectivity index (χ2n) is 10.8. The molecule has 0 aliphatic heterocycles. The Kier molecular flexibility index (Phi) is 13.3. The number of hydrogen-bond acceptors (Lipinski definition) is 7. The fourth-order valence-electron chi connectivity index (χ4n) is 4.65. The number of methoxy groups -OCH3 is 1. The van der Waals surface area contributed by atoms with Crippen molar-refractivity contribution in [2.75, 3.05) is 45.8 Å². The summed E-state index contributed by atoms with van der Waals surface area (Å²) in [6.07, 6.45) is 0.639. The molecule has 10 heteroatoms. The minimum Gasteiger partial charge on any atom is -0.481 e. The van der Waals surface area contributed by atoms with Gasteiger partial charge in [0.05, 0.1) is 36.9 Å². The lowest BCUT2D eigenvalue weighted by atomic mass is 9.92. The van der Waals surface area contributed by atoms with Crippen molar-refractivity contribution in [3.8, 4) is 0 Å². The number of ether oxygens (including phenoxy) is 2. The van der Waals surface area contributed by atoms with E-state index in [-0.39, 0.29) is 48.1 Å². The SMILES string of the molecule is COCCOCCN(CCC(=O)O)C(=O)c1ccc(C(=O)C(CCc2ccc(C)cc2)CS(=O)(=O)c2ccc(C)cc2)cc1. The first kappa shape index (κ1) is 34.6. The second-order valence-corrected chi connectivity index (χ2v) is 12.8. The first-order valence-corrected chi connectivity index (χ1v) is 16.2. The highest BCUT2D eigenvalue weighted by Crippen LogP contribution is 2.23. The Balaban J connectivity index is 1.79. The Morgan fingerprint density at radius 1 is 0.795 bits per heavy atom. The first-order valence-electron chi connectivity index (χ1n) is 14.6. The van der Waals surface area contributed by atoms with E-state index in [9.17, 15) is 22.8 Å². The third-order valence-corrected chi connectivity index (χ3v) is 9.14. The van der Waals surface area contributed by atoms with Gasteiger partial charge in [0.25, 0.3) is 5.91 Å². The quantitative estimate of drug-likeness (QED) is 0.158. The molecule has 3 rings (SSSR count). The number of sulfone groups is 1. The Labute approximate surface area is 259 Å². The lowest BCUT2D eigenvalue weighted by Gasteiger charge is -2.22. The Morgan fingerprint density at radius 2 is 1.39 bits per heavy atom. The molecule has 0 aromatic heterocycles. The number of rotatable bonds is 18. The van der Waals surface area contributed by atoms with Crippen molar-refractivity contribution in [1.29, 1.82) is 0 Å². The van der Waals surface area contributed by atoms with Crippen LogP contribution in [-0.4, -0.2) is 81.9 Å². The number of hydrogen-bond donors (Lipinski definition) is 1. The number of carboxylic acid groups (broad SMARTS) is 1. The molecule has 0 saturated carbocycles. The number of aryl methyl sites for hydroxylation is 3. The maximum Gasteiger partial charge on any atom is 0.305 e. The molecule has 1 amide bonds. The van der Waals surface area contributed by atoms with Crippen LogP contribution in [0.4, 0.5) is 0 Å². The highest BCUT2D eigenvalue weighted by Gasteiger charge is 2.28. The fraction of sp³-hybridized carbons (Fsp3) is 0.382. The molecule has 0 spiro atoms. The van der Waals surface area contributed by atoms with Crippen molar-refractivity contribution in [2.45, 2.75) is 38.0 Å². The van der Waals surface area contributed by atoms with Gasteiger partial charge in [-0.15, -0.1) is 0 Å². The molecular formula is C34H41NO8S. The molecular weight excluding hydrogens is 582 g/mol. The van der Waals surface area contributed by atoms with Crippen LogP contribution in [0.1, 0.15) is 50.2 Å². The summed E-state index contributed by atoms with van der Waals surface area (Å²) in [5.41, 5.74) is 3.64. The molecule has 0 saturated heterocycles. The molecule has 0 aliphatic carbocycles. The van der Waals surface area contributed by atoms with Crippen LogP contribution in [0.3, 0.4) is 0 Å². The Hall–Kier alpha value is -3.86. The van der Waals surface area contributed by atoms with Crippen LogP contribution in [-0.2, 0) is 30.5 Å². The molecule has 1 atom stereocenters. The summed E-state index contributed by atoms with van der Waals surface area (Å²) in [6.45, 7) is 5.01. The summed E-state index contributed by atoms with van der Waals surface area (Å²) >= 11 is 0. The molecule has 9 nitrogen and oxygen atoms in total. The smallest absolute Gasteiger partial charge is 0.305 e. The summed E-state index contributed by atoms with van der Waals surface area (Å²) in [5.74, 6) is -2.88. The van der Waals surface area contributed by atoms with Gasteiger partial charge in [0, 0.05) is 37.2 Å². The number of carboxylic acids is 1. The van der Waals surface area contributed by atoms with Crippen LogP contribution in [0.15, 0.2) is 77.7 Å². The Morgan fingerprint density at radius 3 is 1.98 bits per heavy atom. The molecule has 0 aliphatic rings. The number of Topliss-reactive ketones (excluding diaryl/α,β-unsaturated/α-hetero) is 1. The third kappa shape index (κ3) is 10.7. The maximum absolute atomic E-state index is 13.8. The van der Waals surface area contributed by atoms with E-state index in [0.717, 1.165) is 16.7 Å². The van der Waals surface area contributed by atoms with Crippen molar-refractivity contribution in [3.05, 3.63) is 101 Å². The molecule has 0 radical (unpaired) electrons. The van der Waals surface area contributed by atoms with Crippen LogP contribution < -0.4 is 0 Å². The molecule has 0 bridgehead atoms. The van der Waals surface area contributed by atoms with Crippen LogP contribution in [0.25, 0.3) is 0 Å². The highest BCUT2D eigenvalue weighted by molar-refractivity contribution is 7.91. The monoisotopic (exact) mass is 623 g/mol. The van der Waals surface area contributed by atoms with Gasteiger partial charge < -0.3 is 19.5 Å². The van der Waals surface area contributed by atoms with Gasteiger partial charge in [-0.25, -0.2) is 8.42 Å². The number of carbonyl (C=O) groups is 3. The van der Waals surface area contributed by atoms with Crippen molar-refractivity contribution >= 4 is 27.5 Å². The lowest BCUT2D eigenvalue weighted by molar-refractivity contribution is -0.137. The summed E-state index contributed by atoms with van der Waals surface area (Å²) in [6, 6.07) is 20.6. The number of ketones is 1. The van der Waals surface area contributed by atoms with Crippen molar-refractivity contribution < 1.29 is 37.4 Å². The predicted octanol–water partition coefficient (Wildman–Crippen LogP) is 4.79. The molecule has 0 fully saturated rings. The van der Waals surface area contributed by atoms with Gasteiger partial charge in [-0.2, -0.15) is 0 Å². The highest BCUT2D eigenvalue weighted by atomic mass is 32.2. The molecule has 1 N–H and O–H groups in total. The van der Waals surface area contributed by atoms with Gasteiger partial charge in [-0.05, 0) is 56.5 Å². The second kappa shape index (κ2) is 16.8. The number of amides is 1. The van der Waals surface area contributed by atoms with E-state index in [1.165, 1.54) is 29.2 Å². The molecule has 44 heavy (non-hydrogen) atoms. The van der Waals surface area contributed by atoms with Gasteiger partial charge in [0.15, 0.2) is 15.6 Å². The first-order chi connectivity index (χ1) is 21.0. The minimum absolute atomic E-state index is 0.000438. The zero-order valence-corrected chi connectivity index (χ0v) is 26.3. The fourth-order valence-corrected chi connectivity index (χ4v) is 6.24. The zero-order valence-electron chi connectivity index (χ0n) is 25.5. The maximum atomic E-state index is 13.8. The van der Waals surface area contributed by atoms with Crippen LogP contribution in [0.5, 0.6) is 0 Å². The number of aliphatic carboxylic acids is 1. The van der Waals surface area contributed by atoms with Crippen LogP contribution >= 0.6 is 0 Å². The summed E-state index contributed by atoms with van der Waals surface area (Å²) in [7, 11) is -2.20. The van der Waals surface area contributed by atoms with Crippen molar-refractivity contribution in [2.24, 2.45) is 5.92 Å². The van der Waals surface area contributed by atoms with E-state index < -0.39 is 27.6 Å². The molecule has 0 heterocycles. The summed E-state index contributed by atoms with van der Waals surface area (Å²) in [4.78, 5) is 39.7. The predicted molar refractivity (Wildman–Crippen MR) is 168 cm³/mol. The van der Waals surface area contributed by atoms with Crippen LogP contribution in [0.2, 0.25) is 0 Å². The van der Waals surface area contributed by atoms with Crippen molar-refractivity contribution in [3.63, 3.8) is 0 Å². The van der Waals surface area contributed by atoms with E-state index in [1.807, 2.05) is 38.1 Å². The van der Waals surface area contributed by atoms with E-state index in [1.54, 1.807) is 31.4 Å². The molecule has 3 aromatic carbocycles. The number of nitrogens with zero attached hydrogens (tertiary/aromatic N) is 1. The van der Waals surface area contributed by atoms with E-state index in [2.05, 4.69) is 0 Å². The van der Waals surface area contributed by atoms with Crippen molar-refractivity contribution in [1.82, 2.24) is 4.90 Å². The molecule has 236 valence electrons. The molecule has 3 aromatic rings. The average Bonchev–Trinajstić information content (AvgIpc) is 3.01. The minimum atomic E-state index is -3.75. The summed E-state index contributed by atoms with van der Waals surface area (Å²) in [5, 5.41) is 9.13. The van der Waals surface area contributed by atoms with Gasteiger partial charge in [-0.3, -0.25) is 14.4 Å². The van der Waals surface area contributed by atoms with E-state index >= 15 is 0 Å². The Bertz CT molecular complexity index is 1480. The third-order valence-electron chi connectivity index (χ3n) is 7.31. The normalized spacial score (nSPS) is 12.1. The zero-order chi connectivity index (χ0) is 32.1. The van der Waals surface area contributed by atoms with Gasteiger partial charge in [-0.1, -0.05) is 59.7 Å². The van der Waals surface area contributed by atoms with Crippen LogP contribution in [0, 0.1) is 19.8 Å². The lowest BCUT2D eigenvalue weighted by Crippen LogP contribution is -2.36. The topological polar surface area (TPSA) is 127 Å². The average molecular weight is 624 g/mol. The number of benzene rings is 3.